The first-order valence-electron chi connectivity index (χ1n) is 9.61. The van der Waals surface area contributed by atoms with Crippen molar-refractivity contribution in [2.45, 2.75) is 25.6 Å². The number of benzene rings is 1. The van der Waals surface area contributed by atoms with Crippen LogP contribution >= 0.6 is 0 Å². The number of halogens is 3. The summed E-state index contributed by atoms with van der Waals surface area (Å²) in [6.45, 7) is 1.06. The summed E-state index contributed by atoms with van der Waals surface area (Å²) >= 11 is 0. The van der Waals surface area contributed by atoms with Crippen molar-refractivity contribution < 1.29 is 27.2 Å². The number of piperidine rings is 1. The van der Waals surface area contributed by atoms with E-state index in [9.17, 15) is 18.0 Å². The van der Waals surface area contributed by atoms with E-state index in [1.807, 2.05) is 0 Å². The number of aromatic nitrogens is 4. The molecular weight excluding hydrogens is 415 g/mol. The van der Waals surface area contributed by atoms with Crippen molar-refractivity contribution in [2.75, 3.05) is 13.1 Å². The topological polar surface area (TPSA) is 94.2 Å². The highest BCUT2D eigenvalue weighted by molar-refractivity contribution is 5.94. The minimum Gasteiger partial charge on any atom is -0.406 e. The molecule has 2 aromatic heterocycles. The zero-order valence-corrected chi connectivity index (χ0v) is 16.2. The first-order valence-corrected chi connectivity index (χ1v) is 9.61. The van der Waals surface area contributed by atoms with Gasteiger partial charge in [0, 0.05) is 37.5 Å². The molecule has 1 aromatic carbocycles. The molecule has 3 aromatic rings. The lowest BCUT2D eigenvalue weighted by Gasteiger charge is -2.32. The van der Waals surface area contributed by atoms with E-state index in [0.717, 1.165) is 25.0 Å². The van der Waals surface area contributed by atoms with E-state index in [1.54, 1.807) is 17.3 Å². The third-order valence-corrected chi connectivity index (χ3v) is 4.86. The second-order valence-electron chi connectivity index (χ2n) is 7.14. The van der Waals surface area contributed by atoms with Gasteiger partial charge in [0.1, 0.15) is 11.4 Å². The van der Waals surface area contributed by atoms with E-state index in [1.165, 1.54) is 18.3 Å². The number of likely N-dealkylation sites (tertiary alicyclic amines) is 1. The molecule has 0 N–H and O–H groups in total. The molecule has 0 radical (unpaired) electrons. The minimum atomic E-state index is -4.77. The Balaban J connectivity index is 1.37. The number of hydrogen-bond acceptors (Lipinski definition) is 7. The van der Waals surface area contributed by atoms with E-state index in [0.29, 0.717) is 42.5 Å². The molecule has 3 heterocycles. The number of hydrogen-bond donors (Lipinski definition) is 0. The van der Waals surface area contributed by atoms with Gasteiger partial charge in [-0.1, -0.05) is 5.16 Å². The van der Waals surface area contributed by atoms with E-state index >= 15 is 0 Å². The van der Waals surface area contributed by atoms with Crippen molar-refractivity contribution in [2.24, 2.45) is 5.92 Å². The van der Waals surface area contributed by atoms with Crippen LogP contribution in [0.2, 0.25) is 0 Å². The molecule has 1 saturated heterocycles. The van der Waals surface area contributed by atoms with Gasteiger partial charge in [0.15, 0.2) is 0 Å². The van der Waals surface area contributed by atoms with E-state index < -0.39 is 6.36 Å². The normalized spacial score (nSPS) is 16.9. The number of ether oxygens (including phenoxy) is 1. The Labute approximate surface area is 175 Å². The molecule has 8 nitrogen and oxygen atoms in total. The summed E-state index contributed by atoms with van der Waals surface area (Å²) in [7, 11) is 0. The first kappa shape index (κ1) is 20.8. The van der Waals surface area contributed by atoms with Gasteiger partial charge in [-0.25, -0.2) is 4.98 Å². The van der Waals surface area contributed by atoms with Crippen LogP contribution in [0.15, 0.2) is 47.4 Å². The van der Waals surface area contributed by atoms with Gasteiger partial charge in [-0.15, -0.1) is 13.2 Å². The fraction of sp³-hybridized carbons (Fsp3) is 0.350. The molecule has 0 aliphatic carbocycles. The van der Waals surface area contributed by atoms with Crippen LogP contribution in [0.5, 0.6) is 5.75 Å². The second-order valence-corrected chi connectivity index (χ2v) is 7.14. The molecule has 0 bridgehead atoms. The maximum absolute atomic E-state index is 12.8. The first-order chi connectivity index (χ1) is 14.9. The van der Waals surface area contributed by atoms with Gasteiger partial charge in [0.05, 0.1) is 6.20 Å². The summed E-state index contributed by atoms with van der Waals surface area (Å²) in [5, 5.41) is 3.93. The third kappa shape index (κ3) is 5.36. The maximum Gasteiger partial charge on any atom is 0.573 e. The highest BCUT2D eigenvalue weighted by atomic mass is 19.4. The Morgan fingerprint density at radius 3 is 2.74 bits per heavy atom. The molecular formula is C20H18F3N5O3. The largest absolute Gasteiger partial charge is 0.573 e. The van der Waals surface area contributed by atoms with Gasteiger partial charge < -0.3 is 14.2 Å². The van der Waals surface area contributed by atoms with Crippen LogP contribution in [0.3, 0.4) is 0 Å². The third-order valence-electron chi connectivity index (χ3n) is 4.86. The van der Waals surface area contributed by atoms with Crippen LogP contribution < -0.4 is 4.74 Å². The van der Waals surface area contributed by atoms with Crippen molar-refractivity contribution in [3.63, 3.8) is 0 Å². The van der Waals surface area contributed by atoms with Gasteiger partial charge in [-0.3, -0.25) is 9.78 Å². The molecule has 31 heavy (non-hydrogen) atoms. The number of rotatable bonds is 5. The highest BCUT2D eigenvalue weighted by Gasteiger charge is 2.31. The number of carbonyl (C=O) groups excluding carboxylic acids is 1. The molecule has 1 aliphatic heterocycles. The van der Waals surface area contributed by atoms with Gasteiger partial charge in [0.2, 0.25) is 11.7 Å². The molecule has 4 rings (SSSR count). The summed E-state index contributed by atoms with van der Waals surface area (Å²) in [4.78, 5) is 26.9. The molecule has 0 spiro atoms. The highest BCUT2D eigenvalue weighted by Crippen LogP contribution is 2.25. The molecule has 1 unspecified atom stereocenters. The van der Waals surface area contributed by atoms with Gasteiger partial charge in [0.25, 0.3) is 5.91 Å². The zero-order valence-electron chi connectivity index (χ0n) is 16.2. The SMILES string of the molecule is O=C(c1ccc(OC(F)(F)F)cc1)N1CCCC(Cc2nc(-c3cnccn3)no2)C1. The van der Waals surface area contributed by atoms with Crippen molar-refractivity contribution in [3.05, 3.63) is 54.3 Å². The standard InChI is InChI=1S/C20H18F3N5O3/c21-20(22,23)30-15-5-3-14(4-6-15)19(29)28-9-1-2-13(12-28)10-17-26-18(27-31-17)16-11-24-7-8-25-16/h3-8,11,13H,1-2,9-10,12H2. The predicted molar refractivity (Wildman–Crippen MR) is 101 cm³/mol. The summed E-state index contributed by atoms with van der Waals surface area (Å²) in [6, 6.07) is 4.93. The number of amides is 1. The quantitative estimate of drug-likeness (QED) is 0.608. The lowest BCUT2D eigenvalue weighted by molar-refractivity contribution is -0.274. The van der Waals surface area contributed by atoms with E-state index in [2.05, 4.69) is 24.8 Å². The zero-order chi connectivity index (χ0) is 21.8. The van der Waals surface area contributed by atoms with Gasteiger partial charge in [-0.05, 0) is 43.0 Å². The van der Waals surface area contributed by atoms with Crippen LogP contribution in [-0.4, -0.2) is 50.4 Å². The Hall–Kier alpha value is -3.50. The smallest absolute Gasteiger partial charge is 0.406 e. The summed E-state index contributed by atoms with van der Waals surface area (Å²) < 4.78 is 46.0. The molecule has 1 amide bonds. The monoisotopic (exact) mass is 433 g/mol. The van der Waals surface area contributed by atoms with Crippen molar-refractivity contribution >= 4 is 5.91 Å². The van der Waals surface area contributed by atoms with Gasteiger partial charge >= 0.3 is 6.36 Å². The lowest BCUT2D eigenvalue weighted by Crippen LogP contribution is -2.40. The van der Waals surface area contributed by atoms with Gasteiger partial charge in [-0.2, -0.15) is 4.98 Å². The Kier molecular flexibility index (Phi) is 5.83. The van der Waals surface area contributed by atoms with Crippen LogP contribution in [0, 0.1) is 5.92 Å². The average molecular weight is 433 g/mol. The molecule has 11 heteroatoms. The van der Waals surface area contributed by atoms with Crippen LogP contribution in [0.4, 0.5) is 13.2 Å². The van der Waals surface area contributed by atoms with E-state index in [4.69, 9.17) is 4.52 Å². The van der Waals surface area contributed by atoms with Crippen molar-refractivity contribution in [3.8, 4) is 17.3 Å². The fourth-order valence-corrected chi connectivity index (χ4v) is 3.50. The Morgan fingerprint density at radius 1 is 1.23 bits per heavy atom. The molecule has 1 fully saturated rings. The maximum atomic E-state index is 12.8. The summed E-state index contributed by atoms with van der Waals surface area (Å²) in [6.07, 6.45) is 2.07. The summed E-state index contributed by atoms with van der Waals surface area (Å²) in [5.41, 5.74) is 0.814. The molecule has 162 valence electrons. The predicted octanol–water partition coefficient (Wildman–Crippen LogP) is 3.52. The Bertz CT molecular complexity index is 1020. The second kappa shape index (κ2) is 8.70. The minimum absolute atomic E-state index is 0.126. The van der Waals surface area contributed by atoms with Crippen molar-refractivity contribution in [1.29, 1.82) is 0 Å². The van der Waals surface area contributed by atoms with Crippen LogP contribution in [0.25, 0.3) is 11.5 Å². The van der Waals surface area contributed by atoms with Crippen molar-refractivity contribution in [1.82, 2.24) is 25.0 Å². The lowest BCUT2D eigenvalue weighted by atomic mass is 9.94. The Morgan fingerprint density at radius 2 is 2.03 bits per heavy atom. The average Bonchev–Trinajstić information content (AvgIpc) is 3.22. The molecule has 1 aliphatic rings. The number of carbonyl (C=O) groups is 1. The van der Waals surface area contributed by atoms with E-state index in [-0.39, 0.29) is 17.6 Å². The summed E-state index contributed by atoms with van der Waals surface area (Å²) in [5.74, 6) is 0.326. The number of nitrogens with zero attached hydrogens (tertiary/aromatic N) is 5. The fourth-order valence-electron chi connectivity index (χ4n) is 3.50. The molecule has 0 saturated carbocycles. The van der Waals surface area contributed by atoms with Crippen LogP contribution in [-0.2, 0) is 6.42 Å². The van der Waals surface area contributed by atoms with Crippen LogP contribution in [0.1, 0.15) is 29.1 Å². The molecule has 1 atom stereocenters. The number of alkyl halides is 3.